The number of hydrogen-bond donors (Lipinski definition) is 1. The van der Waals surface area contributed by atoms with Crippen molar-refractivity contribution in [2.75, 3.05) is 7.05 Å². The molecule has 0 saturated heterocycles. The predicted octanol–water partition coefficient (Wildman–Crippen LogP) is 0.757. The smallest absolute Gasteiger partial charge is 0.0753 e. The summed E-state index contributed by atoms with van der Waals surface area (Å²) in [6, 6.07) is 0.286. The van der Waals surface area contributed by atoms with Crippen LogP contribution in [0.1, 0.15) is 18.7 Å². The lowest BCUT2D eigenvalue weighted by molar-refractivity contribution is 0.629. The van der Waals surface area contributed by atoms with E-state index in [0.717, 1.165) is 5.69 Å². The minimum atomic E-state index is 0.286. The second-order valence-electron chi connectivity index (χ2n) is 2.14. The van der Waals surface area contributed by atoms with Crippen LogP contribution >= 0.6 is 0 Å². The summed E-state index contributed by atoms with van der Waals surface area (Å²) in [6.07, 6.45) is 5.14. The molecule has 0 saturated carbocycles. The fourth-order valence-corrected chi connectivity index (χ4v) is 0.682. The minimum Gasteiger partial charge on any atom is -0.312 e. The monoisotopic (exact) mass is 137 g/mol. The SMILES string of the molecule is CNC(C)c1cnccn1. The van der Waals surface area contributed by atoms with Crippen LogP contribution in [0.3, 0.4) is 0 Å². The topological polar surface area (TPSA) is 37.8 Å². The lowest BCUT2D eigenvalue weighted by Gasteiger charge is -2.06. The van der Waals surface area contributed by atoms with Crippen molar-refractivity contribution in [3.05, 3.63) is 24.3 Å². The molecule has 0 aliphatic rings. The number of nitrogens with zero attached hydrogens (tertiary/aromatic N) is 2. The quantitative estimate of drug-likeness (QED) is 0.653. The number of nitrogens with one attached hydrogen (secondary N) is 1. The molecule has 0 bridgehead atoms. The largest absolute Gasteiger partial charge is 0.312 e. The number of hydrogen-bond acceptors (Lipinski definition) is 3. The molecule has 0 spiro atoms. The summed E-state index contributed by atoms with van der Waals surface area (Å²) >= 11 is 0. The van der Waals surface area contributed by atoms with Crippen molar-refractivity contribution in [2.24, 2.45) is 0 Å². The molecule has 10 heavy (non-hydrogen) atoms. The molecule has 0 amide bonds. The molecule has 1 rings (SSSR count). The van der Waals surface area contributed by atoms with Gasteiger partial charge in [0.25, 0.3) is 0 Å². The van der Waals surface area contributed by atoms with E-state index in [1.54, 1.807) is 18.6 Å². The van der Waals surface area contributed by atoms with Gasteiger partial charge in [-0.2, -0.15) is 0 Å². The molecule has 1 heterocycles. The Bertz CT molecular complexity index is 185. The minimum absolute atomic E-state index is 0.286. The van der Waals surface area contributed by atoms with Crippen LogP contribution in [0.25, 0.3) is 0 Å². The van der Waals surface area contributed by atoms with Crippen LogP contribution in [-0.4, -0.2) is 17.0 Å². The van der Waals surface area contributed by atoms with Crippen molar-refractivity contribution in [2.45, 2.75) is 13.0 Å². The summed E-state index contributed by atoms with van der Waals surface area (Å²) in [7, 11) is 1.90. The summed E-state index contributed by atoms with van der Waals surface area (Å²) in [6.45, 7) is 2.05. The summed E-state index contributed by atoms with van der Waals surface area (Å²) in [5, 5.41) is 3.08. The van der Waals surface area contributed by atoms with Gasteiger partial charge in [-0.15, -0.1) is 0 Å². The second-order valence-corrected chi connectivity index (χ2v) is 2.14. The lowest BCUT2D eigenvalue weighted by atomic mass is 10.2. The van der Waals surface area contributed by atoms with E-state index in [1.807, 2.05) is 14.0 Å². The predicted molar refractivity (Wildman–Crippen MR) is 39.5 cm³/mol. The lowest BCUT2D eigenvalue weighted by Crippen LogP contribution is -2.13. The number of aromatic nitrogens is 2. The molecule has 0 aliphatic carbocycles. The first-order chi connectivity index (χ1) is 4.84. The highest BCUT2D eigenvalue weighted by Crippen LogP contribution is 2.03. The zero-order valence-electron chi connectivity index (χ0n) is 6.20. The van der Waals surface area contributed by atoms with Gasteiger partial charge in [-0.3, -0.25) is 9.97 Å². The molecule has 1 atom stereocenters. The van der Waals surface area contributed by atoms with Gasteiger partial charge < -0.3 is 5.32 Å². The van der Waals surface area contributed by atoms with Gasteiger partial charge in [0.05, 0.1) is 5.69 Å². The molecule has 0 fully saturated rings. The molecule has 0 radical (unpaired) electrons. The van der Waals surface area contributed by atoms with Crippen molar-refractivity contribution in [3.8, 4) is 0 Å². The van der Waals surface area contributed by atoms with Crippen LogP contribution < -0.4 is 5.32 Å². The highest BCUT2D eigenvalue weighted by Gasteiger charge is 2.00. The molecule has 0 aromatic carbocycles. The first kappa shape index (κ1) is 7.15. The van der Waals surface area contributed by atoms with Gasteiger partial charge in [0.1, 0.15) is 0 Å². The average Bonchev–Trinajstić information content (AvgIpc) is 2.05. The molecule has 3 heteroatoms. The maximum absolute atomic E-state index is 4.12. The summed E-state index contributed by atoms with van der Waals surface area (Å²) in [5.74, 6) is 0. The standard InChI is InChI=1S/C7H11N3/c1-6(8-2)7-5-9-3-4-10-7/h3-6,8H,1-2H3. The van der Waals surface area contributed by atoms with Crippen LogP contribution in [0.4, 0.5) is 0 Å². The van der Waals surface area contributed by atoms with Gasteiger partial charge in [0.15, 0.2) is 0 Å². The average molecular weight is 137 g/mol. The molecule has 1 unspecified atom stereocenters. The fourth-order valence-electron chi connectivity index (χ4n) is 0.682. The van der Waals surface area contributed by atoms with Crippen molar-refractivity contribution in [3.63, 3.8) is 0 Å². The van der Waals surface area contributed by atoms with E-state index in [1.165, 1.54) is 0 Å². The molecule has 1 aromatic rings. The van der Waals surface area contributed by atoms with Crippen LogP contribution in [0, 0.1) is 0 Å². The summed E-state index contributed by atoms with van der Waals surface area (Å²) in [4.78, 5) is 8.08. The molecular formula is C7H11N3. The maximum atomic E-state index is 4.12. The zero-order chi connectivity index (χ0) is 7.40. The molecule has 3 nitrogen and oxygen atoms in total. The van der Waals surface area contributed by atoms with Gasteiger partial charge >= 0.3 is 0 Å². The van der Waals surface area contributed by atoms with E-state index in [0.29, 0.717) is 0 Å². The Balaban J connectivity index is 2.75. The third-order valence-electron chi connectivity index (χ3n) is 1.46. The van der Waals surface area contributed by atoms with E-state index in [4.69, 9.17) is 0 Å². The van der Waals surface area contributed by atoms with E-state index >= 15 is 0 Å². The summed E-state index contributed by atoms with van der Waals surface area (Å²) < 4.78 is 0. The van der Waals surface area contributed by atoms with Gasteiger partial charge in [-0.25, -0.2) is 0 Å². The van der Waals surface area contributed by atoms with E-state index < -0.39 is 0 Å². The first-order valence-electron chi connectivity index (χ1n) is 3.27. The second kappa shape index (κ2) is 3.27. The van der Waals surface area contributed by atoms with Crippen molar-refractivity contribution in [1.29, 1.82) is 0 Å². The zero-order valence-corrected chi connectivity index (χ0v) is 6.20. The van der Waals surface area contributed by atoms with Gasteiger partial charge in [-0.05, 0) is 14.0 Å². The van der Waals surface area contributed by atoms with Gasteiger partial charge in [0.2, 0.25) is 0 Å². The Morgan fingerprint density at radius 3 is 2.80 bits per heavy atom. The highest BCUT2D eigenvalue weighted by molar-refractivity contribution is 4.99. The Labute approximate surface area is 60.5 Å². The Hall–Kier alpha value is -0.960. The highest BCUT2D eigenvalue weighted by atomic mass is 14.9. The van der Waals surface area contributed by atoms with Crippen molar-refractivity contribution < 1.29 is 0 Å². The van der Waals surface area contributed by atoms with E-state index in [2.05, 4.69) is 15.3 Å². The maximum Gasteiger partial charge on any atom is 0.0753 e. The molecule has 1 aromatic heterocycles. The van der Waals surface area contributed by atoms with Gasteiger partial charge in [0, 0.05) is 24.6 Å². The first-order valence-corrected chi connectivity index (χ1v) is 3.27. The summed E-state index contributed by atoms with van der Waals surface area (Å²) in [5.41, 5.74) is 0.977. The van der Waals surface area contributed by atoms with Crippen molar-refractivity contribution >= 4 is 0 Å². The third kappa shape index (κ3) is 1.51. The Morgan fingerprint density at radius 1 is 1.50 bits per heavy atom. The third-order valence-corrected chi connectivity index (χ3v) is 1.46. The fraction of sp³-hybridized carbons (Fsp3) is 0.429. The van der Waals surface area contributed by atoms with Crippen LogP contribution in [0.2, 0.25) is 0 Å². The van der Waals surface area contributed by atoms with Crippen LogP contribution in [0.15, 0.2) is 18.6 Å². The van der Waals surface area contributed by atoms with E-state index in [-0.39, 0.29) is 6.04 Å². The molecular weight excluding hydrogens is 126 g/mol. The van der Waals surface area contributed by atoms with Crippen LogP contribution in [-0.2, 0) is 0 Å². The molecule has 0 aliphatic heterocycles. The van der Waals surface area contributed by atoms with Gasteiger partial charge in [-0.1, -0.05) is 0 Å². The Kier molecular flexibility index (Phi) is 2.34. The van der Waals surface area contributed by atoms with Crippen LogP contribution in [0.5, 0.6) is 0 Å². The van der Waals surface area contributed by atoms with Crippen molar-refractivity contribution in [1.82, 2.24) is 15.3 Å². The molecule has 1 N–H and O–H groups in total. The van der Waals surface area contributed by atoms with E-state index in [9.17, 15) is 0 Å². The molecule has 54 valence electrons. The number of rotatable bonds is 2. The normalized spacial score (nSPS) is 13.0. The Morgan fingerprint density at radius 2 is 2.30 bits per heavy atom.